The zero-order valence-corrected chi connectivity index (χ0v) is 11.0. The van der Waals surface area contributed by atoms with Crippen molar-refractivity contribution in [1.29, 1.82) is 5.53 Å². The highest BCUT2D eigenvalue weighted by Gasteiger charge is 2.12. The van der Waals surface area contributed by atoms with E-state index in [1.54, 1.807) is 19.2 Å². The molecule has 0 unspecified atom stereocenters. The quantitative estimate of drug-likeness (QED) is 0.598. The van der Waals surface area contributed by atoms with E-state index in [2.05, 4.69) is 20.2 Å². The zero-order chi connectivity index (χ0) is 14.3. The molecule has 0 bridgehead atoms. The average molecular weight is 293 g/mol. The van der Waals surface area contributed by atoms with Crippen molar-refractivity contribution in [3.05, 3.63) is 40.1 Å². The van der Waals surface area contributed by atoms with E-state index < -0.39 is 5.91 Å². The van der Waals surface area contributed by atoms with Crippen molar-refractivity contribution < 1.29 is 9.21 Å². The van der Waals surface area contributed by atoms with Gasteiger partial charge in [-0.05, 0) is 18.2 Å². The van der Waals surface area contributed by atoms with Gasteiger partial charge in [0.05, 0.1) is 11.0 Å². The van der Waals surface area contributed by atoms with Crippen molar-refractivity contribution in [2.75, 3.05) is 0 Å². The van der Waals surface area contributed by atoms with Crippen LogP contribution in [0.1, 0.15) is 10.7 Å². The fourth-order valence-corrected chi connectivity index (χ4v) is 2.01. The van der Waals surface area contributed by atoms with Crippen LogP contribution in [0.25, 0.3) is 11.0 Å². The van der Waals surface area contributed by atoms with Crippen molar-refractivity contribution in [2.24, 2.45) is 12.2 Å². The van der Waals surface area contributed by atoms with E-state index in [0.29, 0.717) is 21.6 Å². The van der Waals surface area contributed by atoms with Crippen LogP contribution in [0.15, 0.2) is 27.7 Å². The minimum atomic E-state index is -0.859. The number of aromatic amines is 2. The number of hydrogen-bond donors (Lipinski definition) is 3. The van der Waals surface area contributed by atoms with Crippen molar-refractivity contribution in [3.8, 4) is 0 Å². The molecule has 2 aliphatic heterocycles. The molecule has 1 aromatic carbocycles. The summed E-state index contributed by atoms with van der Waals surface area (Å²) in [6.07, 6.45) is 0. The average Bonchev–Trinajstić information content (AvgIpc) is 2.44. The van der Waals surface area contributed by atoms with Crippen LogP contribution in [0.5, 0.6) is 0 Å². The summed E-state index contributed by atoms with van der Waals surface area (Å²) in [7, 11) is 1.64. The molecule has 0 fully saturated rings. The van der Waals surface area contributed by atoms with E-state index in [1.165, 1.54) is 4.68 Å². The van der Waals surface area contributed by atoms with E-state index in [9.17, 15) is 4.79 Å². The second-order valence-corrected chi connectivity index (χ2v) is 4.50. The molecule has 0 aliphatic carbocycles. The minimum absolute atomic E-state index is 0.277. The predicted molar refractivity (Wildman–Crippen MR) is 69.1 cm³/mol. The third-order valence-electron chi connectivity index (χ3n) is 2.75. The highest BCUT2D eigenvalue weighted by Crippen LogP contribution is 2.16. The Kier molecular flexibility index (Phi) is 2.79. The lowest BCUT2D eigenvalue weighted by atomic mass is 10.3. The molecule has 0 radical (unpaired) electrons. The first kappa shape index (κ1) is 12.4. The standard InChI is InChI=1S/C11H9ClN6O2/c1-18-8-10(20-11(17-18)9(19)16-13)15-7-4-5(12)2-3-6(7)14-8/h2-4,13-15H,1H3. The molecule has 9 heteroatoms. The molecular formula is C11H9ClN6O2. The number of aromatic nitrogens is 4. The molecule has 0 saturated heterocycles. The van der Waals surface area contributed by atoms with Gasteiger partial charge in [0.1, 0.15) is 0 Å². The largest absolute Gasteiger partial charge is 0.412 e. The van der Waals surface area contributed by atoms with Gasteiger partial charge in [0.25, 0.3) is 0 Å². The number of benzene rings is 1. The molecule has 2 aliphatic rings. The van der Waals surface area contributed by atoms with Crippen molar-refractivity contribution in [1.82, 2.24) is 19.7 Å². The maximum atomic E-state index is 11.4. The number of aryl methyl sites for hydroxylation is 1. The fourth-order valence-electron chi connectivity index (χ4n) is 1.83. The molecule has 102 valence electrons. The lowest BCUT2D eigenvalue weighted by Gasteiger charge is -2.06. The van der Waals surface area contributed by atoms with Gasteiger partial charge in [-0.2, -0.15) is 0 Å². The molecule has 1 amide bonds. The third-order valence-corrected chi connectivity index (χ3v) is 2.98. The predicted octanol–water partition coefficient (Wildman–Crippen LogP) is 2.50. The summed E-state index contributed by atoms with van der Waals surface area (Å²) in [4.78, 5) is 17.5. The van der Waals surface area contributed by atoms with E-state index >= 15 is 0 Å². The molecule has 8 nitrogen and oxygen atoms in total. The van der Waals surface area contributed by atoms with E-state index in [1.807, 2.05) is 6.07 Å². The number of halogens is 1. The molecule has 20 heavy (non-hydrogen) atoms. The van der Waals surface area contributed by atoms with Crippen molar-refractivity contribution in [2.45, 2.75) is 0 Å². The molecule has 0 aromatic heterocycles. The summed E-state index contributed by atoms with van der Waals surface area (Å²) in [6.45, 7) is 0. The van der Waals surface area contributed by atoms with E-state index in [-0.39, 0.29) is 5.89 Å². The number of fused-ring (bicyclic) bond motifs is 1. The Morgan fingerprint density at radius 3 is 3.00 bits per heavy atom. The second-order valence-electron chi connectivity index (χ2n) is 4.07. The summed E-state index contributed by atoms with van der Waals surface area (Å²) in [6, 6.07) is 5.28. The molecule has 0 spiro atoms. The Bertz CT molecular complexity index is 928. The number of H-pyrrole nitrogens is 2. The smallest absolute Gasteiger partial charge is 0.352 e. The number of carbonyl (C=O) groups excluding carboxylic acids is 1. The Labute approximate surface area is 116 Å². The van der Waals surface area contributed by atoms with Gasteiger partial charge < -0.3 is 14.4 Å². The molecule has 0 atom stereocenters. The van der Waals surface area contributed by atoms with Gasteiger partial charge in [-0.15, -0.1) is 10.2 Å². The van der Waals surface area contributed by atoms with Gasteiger partial charge in [0.15, 0.2) is 5.48 Å². The Hall–Kier alpha value is -2.61. The maximum Gasteiger partial charge on any atom is 0.352 e. The highest BCUT2D eigenvalue weighted by atomic mass is 35.5. The summed E-state index contributed by atoms with van der Waals surface area (Å²) in [5, 5.41) is 7.25. The number of nitrogens with one attached hydrogen (secondary N) is 3. The zero-order valence-electron chi connectivity index (χ0n) is 10.3. The molecular weight excluding hydrogens is 284 g/mol. The number of amides is 1. The topological polar surface area (TPSA) is 116 Å². The lowest BCUT2D eigenvalue weighted by Crippen LogP contribution is -2.10. The van der Waals surface area contributed by atoms with Gasteiger partial charge >= 0.3 is 11.8 Å². The molecule has 2 heterocycles. The minimum Gasteiger partial charge on any atom is -0.412 e. The SMILES string of the molecule is Cn1nc(C(=O)N=N)oc2[nH]c3cc(Cl)ccc3[nH]c1=2. The van der Waals surface area contributed by atoms with Crippen LogP contribution < -0.4 is 0 Å². The molecule has 3 rings (SSSR count). The van der Waals surface area contributed by atoms with Crippen LogP contribution >= 0.6 is 11.6 Å². The van der Waals surface area contributed by atoms with E-state index in [0.717, 1.165) is 5.52 Å². The van der Waals surface area contributed by atoms with Crippen LogP contribution in [0.2, 0.25) is 5.02 Å². The second kappa shape index (κ2) is 4.49. The first-order valence-electron chi connectivity index (χ1n) is 5.58. The van der Waals surface area contributed by atoms with Crippen molar-refractivity contribution >= 4 is 28.5 Å². The van der Waals surface area contributed by atoms with Gasteiger partial charge in [0.2, 0.25) is 5.55 Å². The van der Waals surface area contributed by atoms with Crippen LogP contribution in [0, 0.1) is 16.6 Å². The Morgan fingerprint density at radius 2 is 2.25 bits per heavy atom. The lowest BCUT2D eigenvalue weighted by molar-refractivity contribution is 0.0945. The first-order valence-corrected chi connectivity index (χ1v) is 5.96. The highest BCUT2D eigenvalue weighted by molar-refractivity contribution is 6.31. The van der Waals surface area contributed by atoms with Crippen LogP contribution in [0.4, 0.5) is 0 Å². The van der Waals surface area contributed by atoms with E-state index in [4.69, 9.17) is 21.5 Å². The van der Waals surface area contributed by atoms with Crippen molar-refractivity contribution in [3.63, 3.8) is 0 Å². The molecule has 3 N–H and O–H groups in total. The van der Waals surface area contributed by atoms with Crippen LogP contribution in [-0.2, 0) is 7.05 Å². The number of nitrogens with zero attached hydrogens (tertiary/aromatic N) is 3. The van der Waals surface area contributed by atoms with Gasteiger partial charge in [-0.1, -0.05) is 11.6 Å². The Morgan fingerprint density at radius 1 is 1.45 bits per heavy atom. The monoisotopic (exact) mass is 292 g/mol. The summed E-state index contributed by atoms with van der Waals surface area (Å²) in [5.74, 6) is -1.14. The summed E-state index contributed by atoms with van der Waals surface area (Å²) in [5.41, 5.74) is 9.07. The third kappa shape index (κ3) is 1.95. The Balaban J connectivity index is 2.42. The number of carbonyl (C=O) groups is 1. The van der Waals surface area contributed by atoms with Gasteiger partial charge in [-0.3, -0.25) is 4.79 Å². The summed E-state index contributed by atoms with van der Waals surface area (Å²) < 4.78 is 6.75. The van der Waals surface area contributed by atoms with Crippen LogP contribution in [0.3, 0.4) is 0 Å². The molecule has 1 aromatic rings. The van der Waals surface area contributed by atoms with Gasteiger partial charge in [-0.25, -0.2) is 10.2 Å². The number of hydrogen-bond acceptors (Lipinski definition) is 4. The molecule has 0 saturated carbocycles. The number of rotatable bonds is 1. The summed E-state index contributed by atoms with van der Waals surface area (Å²) >= 11 is 5.93. The van der Waals surface area contributed by atoms with Crippen LogP contribution in [-0.4, -0.2) is 25.7 Å². The maximum absolute atomic E-state index is 11.4. The fraction of sp³-hybridized carbons (Fsp3) is 0.0909. The van der Waals surface area contributed by atoms with Gasteiger partial charge in [0, 0.05) is 12.1 Å². The normalized spacial score (nSPS) is 10.9. The first-order chi connectivity index (χ1) is 9.58.